The molecule has 116 valence electrons. The molecule has 1 rings (SSSR count). The lowest BCUT2D eigenvalue weighted by Crippen LogP contribution is -2.21. The number of carbonyl (C=O) groups is 1. The molecule has 1 heterocycles. The lowest BCUT2D eigenvalue weighted by atomic mass is 10.3. The third-order valence-corrected chi connectivity index (χ3v) is 3.36. The standard InChI is InChI=1S/C11H12ClF3N4OS/c1-19(2)6-17-18-9(20)5-21-10-8(12)3-7(4-16-10)11(13,14)15/h3-4,6H,5H2,1-2H3,(H,18,20). The number of hydrazone groups is 1. The number of pyridine rings is 1. The molecule has 0 fully saturated rings. The van der Waals surface area contributed by atoms with Crippen molar-refractivity contribution in [3.63, 3.8) is 0 Å². The molecule has 0 bridgehead atoms. The molecule has 10 heteroatoms. The van der Waals surface area contributed by atoms with E-state index in [4.69, 9.17) is 11.6 Å². The van der Waals surface area contributed by atoms with Crippen LogP contribution >= 0.6 is 23.4 Å². The number of rotatable bonds is 5. The van der Waals surface area contributed by atoms with E-state index in [-0.39, 0.29) is 15.8 Å². The van der Waals surface area contributed by atoms with E-state index in [0.29, 0.717) is 6.20 Å². The number of hydrogen-bond acceptors (Lipinski definition) is 4. The van der Waals surface area contributed by atoms with Gasteiger partial charge in [-0.25, -0.2) is 10.4 Å². The van der Waals surface area contributed by atoms with E-state index < -0.39 is 17.6 Å². The molecule has 1 N–H and O–H groups in total. The molecule has 0 unspecified atom stereocenters. The number of carbonyl (C=O) groups excluding carboxylic acids is 1. The first-order chi connectivity index (χ1) is 9.70. The van der Waals surface area contributed by atoms with E-state index in [9.17, 15) is 18.0 Å². The quantitative estimate of drug-likeness (QED) is 0.387. The van der Waals surface area contributed by atoms with Crippen molar-refractivity contribution in [1.29, 1.82) is 0 Å². The number of halogens is 4. The van der Waals surface area contributed by atoms with E-state index in [0.717, 1.165) is 17.8 Å². The summed E-state index contributed by atoms with van der Waals surface area (Å²) < 4.78 is 37.3. The van der Waals surface area contributed by atoms with Crippen LogP contribution in [0.4, 0.5) is 13.2 Å². The first-order valence-electron chi connectivity index (χ1n) is 5.54. The second-order valence-electron chi connectivity index (χ2n) is 4.04. The van der Waals surface area contributed by atoms with Crippen LogP contribution in [0.2, 0.25) is 5.02 Å². The first kappa shape index (κ1) is 17.6. The highest BCUT2D eigenvalue weighted by atomic mass is 35.5. The van der Waals surface area contributed by atoms with Crippen LogP contribution in [0, 0.1) is 0 Å². The zero-order valence-corrected chi connectivity index (χ0v) is 12.7. The Bertz CT molecular complexity index is 537. The lowest BCUT2D eigenvalue weighted by Gasteiger charge is -2.08. The molecule has 0 aliphatic heterocycles. The maximum atomic E-state index is 12.4. The summed E-state index contributed by atoms with van der Waals surface area (Å²) in [5.41, 5.74) is 1.32. The SMILES string of the molecule is CN(C)C=NNC(=O)CSc1ncc(C(F)(F)F)cc1Cl. The van der Waals surface area contributed by atoms with Crippen molar-refractivity contribution in [2.24, 2.45) is 5.10 Å². The highest BCUT2D eigenvalue weighted by molar-refractivity contribution is 8.00. The Labute approximate surface area is 128 Å². The van der Waals surface area contributed by atoms with Gasteiger partial charge in [-0.1, -0.05) is 23.4 Å². The minimum atomic E-state index is -4.50. The van der Waals surface area contributed by atoms with Gasteiger partial charge in [0, 0.05) is 20.3 Å². The van der Waals surface area contributed by atoms with Crippen LogP contribution < -0.4 is 5.43 Å². The molecular weight excluding hydrogens is 329 g/mol. The molecule has 1 aromatic heterocycles. The van der Waals surface area contributed by atoms with Gasteiger partial charge in [0.05, 0.1) is 16.3 Å². The second-order valence-corrected chi connectivity index (χ2v) is 5.41. The van der Waals surface area contributed by atoms with Crippen LogP contribution in [0.5, 0.6) is 0 Å². The Hall–Kier alpha value is -1.48. The minimum absolute atomic E-state index is 0.0666. The van der Waals surface area contributed by atoms with Gasteiger partial charge in [-0.2, -0.15) is 18.3 Å². The molecule has 1 aromatic rings. The van der Waals surface area contributed by atoms with E-state index in [1.807, 2.05) is 0 Å². The van der Waals surface area contributed by atoms with Crippen molar-refractivity contribution >= 4 is 35.6 Å². The minimum Gasteiger partial charge on any atom is -0.367 e. The van der Waals surface area contributed by atoms with Gasteiger partial charge >= 0.3 is 6.18 Å². The zero-order chi connectivity index (χ0) is 16.0. The molecule has 0 aliphatic rings. The largest absolute Gasteiger partial charge is 0.417 e. The summed E-state index contributed by atoms with van der Waals surface area (Å²) in [7, 11) is 3.46. The number of alkyl halides is 3. The normalized spacial score (nSPS) is 11.7. The number of amides is 1. The third-order valence-electron chi connectivity index (χ3n) is 1.95. The zero-order valence-electron chi connectivity index (χ0n) is 11.1. The molecule has 0 saturated heterocycles. The van der Waals surface area contributed by atoms with Crippen molar-refractivity contribution in [1.82, 2.24) is 15.3 Å². The smallest absolute Gasteiger partial charge is 0.367 e. The predicted molar refractivity (Wildman–Crippen MR) is 75.3 cm³/mol. The van der Waals surface area contributed by atoms with Gasteiger partial charge in [0.1, 0.15) is 11.4 Å². The summed E-state index contributed by atoms with van der Waals surface area (Å²) in [6.07, 6.45) is -2.43. The molecule has 0 atom stereocenters. The fourth-order valence-electron chi connectivity index (χ4n) is 1.07. The van der Waals surface area contributed by atoms with Crippen LogP contribution in [0.1, 0.15) is 5.56 Å². The lowest BCUT2D eigenvalue weighted by molar-refractivity contribution is -0.137. The van der Waals surface area contributed by atoms with Gasteiger partial charge in [0.15, 0.2) is 0 Å². The Morgan fingerprint density at radius 1 is 1.57 bits per heavy atom. The monoisotopic (exact) mass is 340 g/mol. The fraction of sp³-hybridized carbons (Fsp3) is 0.364. The average molecular weight is 341 g/mol. The van der Waals surface area contributed by atoms with E-state index >= 15 is 0 Å². The topological polar surface area (TPSA) is 57.6 Å². The van der Waals surface area contributed by atoms with Crippen LogP contribution in [0.15, 0.2) is 22.4 Å². The average Bonchev–Trinajstić information content (AvgIpc) is 2.35. The molecule has 0 spiro atoms. The van der Waals surface area contributed by atoms with E-state index in [2.05, 4.69) is 15.5 Å². The highest BCUT2D eigenvalue weighted by Gasteiger charge is 2.31. The summed E-state index contributed by atoms with van der Waals surface area (Å²) >= 11 is 6.64. The maximum absolute atomic E-state index is 12.4. The van der Waals surface area contributed by atoms with Crippen molar-refractivity contribution < 1.29 is 18.0 Å². The molecule has 0 radical (unpaired) electrons. The molecule has 0 saturated carbocycles. The van der Waals surface area contributed by atoms with Crippen LogP contribution in [-0.2, 0) is 11.0 Å². The summed E-state index contributed by atoms with van der Waals surface area (Å²) in [5, 5.41) is 3.63. The number of nitrogens with one attached hydrogen (secondary N) is 1. The molecule has 5 nitrogen and oxygen atoms in total. The Kier molecular flexibility index (Phi) is 6.28. The van der Waals surface area contributed by atoms with Crippen molar-refractivity contribution in [2.45, 2.75) is 11.2 Å². The number of hydrogen-bond donors (Lipinski definition) is 1. The van der Waals surface area contributed by atoms with Crippen LogP contribution in [0.25, 0.3) is 0 Å². The van der Waals surface area contributed by atoms with Gasteiger partial charge in [-0.3, -0.25) is 4.79 Å². The fourth-order valence-corrected chi connectivity index (χ4v) is 2.06. The number of nitrogens with zero attached hydrogens (tertiary/aromatic N) is 3. The highest BCUT2D eigenvalue weighted by Crippen LogP contribution is 2.33. The Balaban J connectivity index is 2.58. The Morgan fingerprint density at radius 3 is 2.76 bits per heavy atom. The van der Waals surface area contributed by atoms with Crippen molar-refractivity contribution in [3.8, 4) is 0 Å². The van der Waals surface area contributed by atoms with Crippen molar-refractivity contribution in [3.05, 3.63) is 22.8 Å². The van der Waals surface area contributed by atoms with Crippen molar-refractivity contribution in [2.75, 3.05) is 19.8 Å². The summed E-state index contributed by atoms with van der Waals surface area (Å²) in [4.78, 5) is 16.7. The van der Waals surface area contributed by atoms with E-state index in [1.165, 1.54) is 6.34 Å². The summed E-state index contributed by atoms with van der Waals surface area (Å²) in [5.74, 6) is -0.487. The maximum Gasteiger partial charge on any atom is 0.417 e. The molecule has 21 heavy (non-hydrogen) atoms. The second kappa shape index (κ2) is 7.51. The Morgan fingerprint density at radius 2 is 2.24 bits per heavy atom. The first-order valence-corrected chi connectivity index (χ1v) is 6.90. The molecule has 0 aliphatic carbocycles. The van der Waals surface area contributed by atoms with Gasteiger partial charge in [0.25, 0.3) is 5.91 Å². The van der Waals surface area contributed by atoms with Gasteiger partial charge in [-0.05, 0) is 6.07 Å². The molecule has 0 aromatic carbocycles. The van der Waals surface area contributed by atoms with E-state index in [1.54, 1.807) is 19.0 Å². The van der Waals surface area contributed by atoms with Crippen LogP contribution in [-0.4, -0.2) is 42.0 Å². The van der Waals surface area contributed by atoms with Gasteiger partial charge in [0.2, 0.25) is 0 Å². The predicted octanol–water partition coefficient (Wildman–Crippen LogP) is 2.47. The summed E-state index contributed by atoms with van der Waals surface area (Å²) in [6, 6.07) is 0.777. The van der Waals surface area contributed by atoms with Gasteiger partial charge < -0.3 is 4.90 Å². The van der Waals surface area contributed by atoms with Crippen LogP contribution in [0.3, 0.4) is 0 Å². The molecule has 1 amide bonds. The number of aromatic nitrogens is 1. The third kappa shape index (κ3) is 6.21. The van der Waals surface area contributed by atoms with Gasteiger partial charge in [-0.15, -0.1) is 0 Å². The number of thioether (sulfide) groups is 1. The summed E-state index contributed by atoms with van der Waals surface area (Å²) in [6.45, 7) is 0. The molecular formula is C11H12ClF3N4OS.